The molecule has 1 N–H and O–H groups in total. The van der Waals surface area contributed by atoms with Crippen LogP contribution in [-0.2, 0) is 22.6 Å². The van der Waals surface area contributed by atoms with Gasteiger partial charge in [0.05, 0.1) is 11.6 Å². The van der Waals surface area contributed by atoms with Gasteiger partial charge in [0.25, 0.3) is 0 Å². The molecule has 0 saturated carbocycles. The van der Waals surface area contributed by atoms with E-state index in [1.165, 1.54) is 0 Å². The topological polar surface area (TPSA) is 78.3 Å². The average molecular weight is 366 g/mol. The Hall–Kier alpha value is -2.93. The molecule has 1 aliphatic rings. The lowest BCUT2D eigenvalue weighted by Gasteiger charge is -2.12. The second kappa shape index (κ2) is 8.18. The third-order valence-electron chi connectivity index (χ3n) is 4.59. The predicted octanol–water partition coefficient (Wildman–Crippen LogP) is 2.31. The van der Waals surface area contributed by atoms with E-state index in [4.69, 9.17) is 9.47 Å². The molecule has 3 aromatic rings. The number of nitrogens with one attached hydrogen (secondary N) is 1. The first-order chi connectivity index (χ1) is 13.3. The number of hydrogen-bond donors (Lipinski definition) is 1. The van der Waals surface area contributed by atoms with Gasteiger partial charge in [0.2, 0.25) is 5.91 Å². The maximum atomic E-state index is 12.2. The molecule has 1 amide bonds. The number of nitrogens with zero attached hydrogens (tertiary/aromatic N) is 3. The molecule has 0 radical (unpaired) electrons. The number of ether oxygens (including phenoxy) is 2. The molecule has 1 atom stereocenters. The zero-order valence-electron chi connectivity index (χ0n) is 15.0. The Morgan fingerprint density at radius 1 is 1.22 bits per heavy atom. The summed E-state index contributed by atoms with van der Waals surface area (Å²) in [5.74, 6) is 0.707. The van der Waals surface area contributed by atoms with Crippen molar-refractivity contribution < 1.29 is 14.3 Å². The fraction of sp³-hybridized carbons (Fsp3) is 0.350. The molecule has 1 aromatic heterocycles. The minimum Gasteiger partial charge on any atom is -0.491 e. The van der Waals surface area contributed by atoms with Crippen LogP contribution >= 0.6 is 0 Å². The van der Waals surface area contributed by atoms with E-state index >= 15 is 0 Å². The third kappa shape index (κ3) is 4.43. The lowest BCUT2D eigenvalue weighted by atomic mass is 10.2. The molecular weight excluding hydrogens is 344 g/mol. The third-order valence-corrected chi connectivity index (χ3v) is 4.59. The largest absolute Gasteiger partial charge is 0.491 e. The Morgan fingerprint density at radius 3 is 2.89 bits per heavy atom. The Labute approximate surface area is 157 Å². The SMILES string of the molecule is O=C(Cn1nnc2ccccc21)NCc1ccc(OC[C@H]2CCCO2)cc1. The van der Waals surface area contributed by atoms with Crippen molar-refractivity contribution in [2.45, 2.75) is 32.0 Å². The highest BCUT2D eigenvalue weighted by molar-refractivity contribution is 5.79. The lowest BCUT2D eigenvalue weighted by Crippen LogP contribution is -2.27. The van der Waals surface area contributed by atoms with E-state index in [2.05, 4.69) is 15.6 Å². The molecule has 1 aliphatic heterocycles. The predicted molar refractivity (Wildman–Crippen MR) is 100 cm³/mol. The smallest absolute Gasteiger partial charge is 0.242 e. The minimum atomic E-state index is -0.107. The van der Waals surface area contributed by atoms with Crippen molar-refractivity contribution in [2.24, 2.45) is 0 Å². The van der Waals surface area contributed by atoms with Crippen molar-refractivity contribution in [3.05, 3.63) is 54.1 Å². The number of carbonyl (C=O) groups excluding carboxylic acids is 1. The quantitative estimate of drug-likeness (QED) is 0.694. The molecule has 0 bridgehead atoms. The fourth-order valence-electron chi connectivity index (χ4n) is 3.10. The second-order valence-corrected chi connectivity index (χ2v) is 6.60. The van der Waals surface area contributed by atoms with Crippen molar-refractivity contribution >= 4 is 16.9 Å². The normalized spacial score (nSPS) is 16.5. The fourth-order valence-corrected chi connectivity index (χ4v) is 3.10. The molecule has 0 spiro atoms. The van der Waals surface area contributed by atoms with Crippen LogP contribution < -0.4 is 10.1 Å². The van der Waals surface area contributed by atoms with Crippen LogP contribution in [-0.4, -0.2) is 40.2 Å². The molecule has 1 saturated heterocycles. The number of para-hydroxylation sites is 1. The zero-order chi connectivity index (χ0) is 18.5. The summed E-state index contributed by atoms with van der Waals surface area (Å²) in [5.41, 5.74) is 2.64. The highest BCUT2D eigenvalue weighted by Gasteiger charge is 2.15. The number of hydrogen-bond acceptors (Lipinski definition) is 5. The van der Waals surface area contributed by atoms with Crippen molar-refractivity contribution in [3.63, 3.8) is 0 Å². The minimum absolute atomic E-state index is 0.107. The van der Waals surface area contributed by atoms with Gasteiger partial charge in [-0.05, 0) is 42.7 Å². The molecule has 7 nitrogen and oxygen atoms in total. The van der Waals surface area contributed by atoms with Gasteiger partial charge in [-0.3, -0.25) is 4.79 Å². The number of benzene rings is 2. The summed E-state index contributed by atoms with van der Waals surface area (Å²) in [7, 11) is 0. The van der Waals surface area contributed by atoms with Crippen LogP contribution in [0.25, 0.3) is 11.0 Å². The molecule has 27 heavy (non-hydrogen) atoms. The van der Waals surface area contributed by atoms with Gasteiger partial charge in [0, 0.05) is 13.2 Å². The van der Waals surface area contributed by atoms with Crippen molar-refractivity contribution in [1.29, 1.82) is 0 Å². The average Bonchev–Trinajstić information content (AvgIpc) is 3.36. The summed E-state index contributed by atoms with van der Waals surface area (Å²) in [5, 5.41) is 11.0. The first kappa shape index (κ1) is 17.5. The number of amides is 1. The summed E-state index contributed by atoms with van der Waals surface area (Å²) in [4.78, 5) is 12.2. The van der Waals surface area contributed by atoms with Crippen LogP contribution in [0.2, 0.25) is 0 Å². The molecule has 140 valence electrons. The van der Waals surface area contributed by atoms with Crippen LogP contribution in [0.15, 0.2) is 48.5 Å². The Balaban J connectivity index is 1.26. The number of aromatic nitrogens is 3. The van der Waals surface area contributed by atoms with Gasteiger partial charge in [0.1, 0.15) is 24.4 Å². The molecular formula is C20H22N4O3. The first-order valence-electron chi connectivity index (χ1n) is 9.16. The molecule has 0 unspecified atom stereocenters. The van der Waals surface area contributed by atoms with Crippen LogP contribution in [0.4, 0.5) is 0 Å². The van der Waals surface area contributed by atoms with Gasteiger partial charge in [0.15, 0.2) is 0 Å². The molecule has 7 heteroatoms. The van der Waals surface area contributed by atoms with Crippen molar-refractivity contribution in [2.75, 3.05) is 13.2 Å². The number of carbonyl (C=O) groups is 1. The van der Waals surface area contributed by atoms with Crippen LogP contribution in [0, 0.1) is 0 Å². The van der Waals surface area contributed by atoms with E-state index in [1.807, 2.05) is 48.5 Å². The van der Waals surface area contributed by atoms with Gasteiger partial charge < -0.3 is 14.8 Å². The first-order valence-corrected chi connectivity index (χ1v) is 9.16. The van der Waals surface area contributed by atoms with E-state index in [1.54, 1.807) is 4.68 Å². The van der Waals surface area contributed by atoms with E-state index in [0.29, 0.717) is 13.2 Å². The van der Waals surface area contributed by atoms with Crippen molar-refractivity contribution in [1.82, 2.24) is 20.3 Å². The van der Waals surface area contributed by atoms with E-state index in [9.17, 15) is 4.79 Å². The Kier molecular flexibility index (Phi) is 5.29. The van der Waals surface area contributed by atoms with Gasteiger partial charge >= 0.3 is 0 Å². The number of rotatable bonds is 7. The van der Waals surface area contributed by atoms with Crippen LogP contribution in [0.5, 0.6) is 5.75 Å². The molecule has 2 heterocycles. The summed E-state index contributed by atoms with van der Waals surface area (Å²) < 4.78 is 12.9. The second-order valence-electron chi connectivity index (χ2n) is 6.60. The van der Waals surface area contributed by atoms with Crippen molar-refractivity contribution in [3.8, 4) is 5.75 Å². The van der Waals surface area contributed by atoms with Gasteiger partial charge in [-0.25, -0.2) is 4.68 Å². The molecule has 4 rings (SSSR count). The van der Waals surface area contributed by atoms with Gasteiger partial charge in [-0.2, -0.15) is 0 Å². The van der Waals surface area contributed by atoms with Crippen LogP contribution in [0.3, 0.4) is 0 Å². The lowest BCUT2D eigenvalue weighted by molar-refractivity contribution is -0.121. The molecule has 2 aromatic carbocycles. The molecule has 0 aliphatic carbocycles. The zero-order valence-corrected chi connectivity index (χ0v) is 15.0. The van der Waals surface area contributed by atoms with Gasteiger partial charge in [-0.1, -0.05) is 29.5 Å². The van der Waals surface area contributed by atoms with E-state index in [0.717, 1.165) is 41.8 Å². The Bertz CT molecular complexity index is 901. The van der Waals surface area contributed by atoms with Crippen LogP contribution in [0.1, 0.15) is 18.4 Å². The maximum absolute atomic E-state index is 12.2. The highest BCUT2D eigenvalue weighted by Crippen LogP contribution is 2.16. The van der Waals surface area contributed by atoms with E-state index in [-0.39, 0.29) is 18.6 Å². The number of fused-ring (bicyclic) bond motifs is 1. The Morgan fingerprint density at radius 2 is 2.07 bits per heavy atom. The summed E-state index contributed by atoms with van der Waals surface area (Å²) >= 11 is 0. The summed E-state index contributed by atoms with van der Waals surface area (Å²) in [6.45, 7) is 2.01. The molecule has 1 fully saturated rings. The monoisotopic (exact) mass is 366 g/mol. The van der Waals surface area contributed by atoms with Gasteiger partial charge in [-0.15, -0.1) is 5.10 Å². The summed E-state index contributed by atoms with van der Waals surface area (Å²) in [6, 6.07) is 15.3. The summed E-state index contributed by atoms with van der Waals surface area (Å²) in [6.07, 6.45) is 2.37. The maximum Gasteiger partial charge on any atom is 0.242 e. The highest BCUT2D eigenvalue weighted by atomic mass is 16.5. The van der Waals surface area contributed by atoms with E-state index < -0.39 is 0 Å². The standard InChI is InChI=1S/C20H22N4O3/c25-20(13-24-19-6-2-1-5-18(19)22-23-24)21-12-15-7-9-16(10-8-15)27-14-17-4-3-11-26-17/h1-2,5-10,17H,3-4,11-14H2,(H,21,25)/t17-/m1/s1.